The number of hydrogen-bond acceptors (Lipinski definition) is 2. The number of benzene rings is 1. The molecule has 1 aliphatic heterocycles. The molecule has 0 bridgehead atoms. The molecule has 1 aromatic rings. The van der Waals surface area contributed by atoms with Gasteiger partial charge >= 0.3 is 0 Å². The van der Waals surface area contributed by atoms with Gasteiger partial charge in [-0.2, -0.15) is 0 Å². The molecule has 0 aromatic heterocycles. The van der Waals surface area contributed by atoms with Crippen LogP contribution in [-0.2, 0) is 0 Å². The third-order valence-electron chi connectivity index (χ3n) is 3.97. The number of nitrogens with one attached hydrogen (secondary N) is 1. The molecule has 2 unspecified atom stereocenters. The first kappa shape index (κ1) is 13.5. The first-order valence-electron chi connectivity index (χ1n) is 6.82. The van der Waals surface area contributed by atoms with Crippen LogP contribution in [0.15, 0.2) is 18.2 Å². The van der Waals surface area contributed by atoms with Gasteiger partial charge in [0.15, 0.2) is 0 Å². The Hall–Kier alpha value is -0.930. The van der Waals surface area contributed by atoms with Crippen molar-refractivity contribution < 1.29 is 4.39 Å². The number of rotatable bonds is 4. The van der Waals surface area contributed by atoms with Gasteiger partial charge in [-0.25, -0.2) is 4.39 Å². The van der Waals surface area contributed by atoms with Gasteiger partial charge < -0.3 is 5.32 Å². The molecule has 1 saturated heterocycles. The zero-order valence-corrected chi connectivity index (χ0v) is 11.5. The smallest absolute Gasteiger partial charge is 0.128 e. The van der Waals surface area contributed by atoms with Crippen molar-refractivity contribution in [2.75, 3.05) is 26.7 Å². The van der Waals surface area contributed by atoms with E-state index in [0.717, 1.165) is 37.2 Å². The van der Waals surface area contributed by atoms with Crippen molar-refractivity contribution in [1.29, 1.82) is 0 Å². The van der Waals surface area contributed by atoms with Gasteiger partial charge in [-0.15, -0.1) is 0 Å². The zero-order chi connectivity index (χ0) is 13.1. The number of likely N-dealkylation sites (tertiary alicyclic amines) is 1. The van der Waals surface area contributed by atoms with Crippen LogP contribution in [0.1, 0.15) is 30.5 Å². The Bertz CT molecular complexity index is 405. The molecule has 3 heteroatoms. The summed E-state index contributed by atoms with van der Waals surface area (Å²) in [5.41, 5.74) is 2.01. The maximum absolute atomic E-state index is 14.1. The minimum absolute atomic E-state index is 0.0629. The highest BCUT2D eigenvalue weighted by Crippen LogP contribution is 2.38. The van der Waals surface area contributed by atoms with Gasteiger partial charge in [0.1, 0.15) is 5.82 Å². The van der Waals surface area contributed by atoms with E-state index in [9.17, 15) is 4.39 Å². The summed E-state index contributed by atoms with van der Waals surface area (Å²) in [5, 5.41) is 3.24. The van der Waals surface area contributed by atoms with Crippen LogP contribution in [0.2, 0.25) is 0 Å². The highest BCUT2D eigenvalue weighted by molar-refractivity contribution is 5.28. The summed E-state index contributed by atoms with van der Waals surface area (Å²) >= 11 is 0. The van der Waals surface area contributed by atoms with E-state index in [1.807, 2.05) is 26.1 Å². The molecule has 100 valence electrons. The van der Waals surface area contributed by atoms with Crippen LogP contribution in [0, 0.1) is 18.7 Å². The van der Waals surface area contributed by atoms with Gasteiger partial charge in [0, 0.05) is 11.6 Å². The highest BCUT2D eigenvalue weighted by atomic mass is 19.1. The maximum atomic E-state index is 14.1. The first-order valence-corrected chi connectivity index (χ1v) is 6.82. The van der Waals surface area contributed by atoms with Crippen molar-refractivity contribution in [1.82, 2.24) is 10.2 Å². The van der Waals surface area contributed by atoms with Crippen LogP contribution < -0.4 is 5.32 Å². The van der Waals surface area contributed by atoms with E-state index in [1.165, 1.54) is 0 Å². The van der Waals surface area contributed by atoms with Crippen molar-refractivity contribution in [2.45, 2.75) is 26.3 Å². The molecule has 2 nitrogen and oxygen atoms in total. The number of aryl methyl sites for hydroxylation is 1. The second kappa shape index (κ2) is 5.81. The molecule has 0 aliphatic carbocycles. The fourth-order valence-electron chi connectivity index (χ4n) is 3.10. The lowest BCUT2D eigenvalue weighted by molar-refractivity contribution is 0.232. The van der Waals surface area contributed by atoms with Crippen LogP contribution in [0.3, 0.4) is 0 Å². The first-order chi connectivity index (χ1) is 8.67. The maximum Gasteiger partial charge on any atom is 0.128 e. The Kier molecular flexibility index (Phi) is 4.36. The fourth-order valence-corrected chi connectivity index (χ4v) is 3.10. The summed E-state index contributed by atoms with van der Waals surface area (Å²) in [6, 6.07) is 5.68. The molecule has 2 atom stereocenters. The molecular weight excluding hydrogens is 227 g/mol. The van der Waals surface area contributed by atoms with Crippen LogP contribution in [-0.4, -0.2) is 31.6 Å². The van der Waals surface area contributed by atoms with Gasteiger partial charge in [0.2, 0.25) is 0 Å². The van der Waals surface area contributed by atoms with E-state index in [2.05, 4.69) is 17.1 Å². The lowest BCUT2D eigenvalue weighted by Gasteiger charge is -2.28. The number of halogens is 1. The van der Waals surface area contributed by atoms with E-state index in [1.54, 1.807) is 6.07 Å². The molecule has 1 fully saturated rings. The molecule has 1 heterocycles. The Labute approximate surface area is 109 Å². The lowest BCUT2D eigenvalue weighted by atomic mass is 9.92. The normalized spacial score (nSPS) is 24.7. The van der Waals surface area contributed by atoms with Crippen molar-refractivity contribution in [3.63, 3.8) is 0 Å². The molecule has 1 N–H and O–H groups in total. The van der Waals surface area contributed by atoms with E-state index >= 15 is 0 Å². The molecule has 0 spiro atoms. The molecule has 2 rings (SSSR count). The number of hydrogen-bond donors (Lipinski definition) is 1. The summed E-state index contributed by atoms with van der Waals surface area (Å²) in [6.45, 7) is 7.19. The SMILES string of the molecule is CCN1CCC(CNC)C1c1cc(C)ccc1F. The van der Waals surface area contributed by atoms with Crippen molar-refractivity contribution in [3.05, 3.63) is 35.1 Å². The van der Waals surface area contributed by atoms with E-state index in [4.69, 9.17) is 0 Å². The monoisotopic (exact) mass is 250 g/mol. The highest BCUT2D eigenvalue weighted by Gasteiger charge is 2.35. The molecule has 1 aromatic carbocycles. The summed E-state index contributed by atoms with van der Waals surface area (Å²) in [6.07, 6.45) is 1.15. The molecule has 18 heavy (non-hydrogen) atoms. The zero-order valence-electron chi connectivity index (χ0n) is 11.5. The van der Waals surface area contributed by atoms with E-state index in [0.29, 0.717) is 5.92 Å². The summed E-state index contributed by atoms with van der Waals surface area (Å²) in [7, 11) is 1.97. The summed E-state index contributed by atoms with van der Waals surface area (Å²) in [5.74, 6) is 0.443. The van der Waals surface area contributed by atoms with Gasteiger partial charge in [0.25, 0.3) is 0 Å². The standard InChI is InChI=1S/C15H23FN2/c1-4-18-8-7-12(10-17-3)15(18)13-9-11(2)5-6-14(13)16/h5-6,9,12,15,17H,4,7-8,10H2,1-3H3. The predicted octanol–water partition coefficient (Wildman–Crippen LogP) is 2.74. The van der Waals surface area contributed by atoms with Crippen LogP contribution in [0.25, 0.3) is 0 Å². The minimum Gasteiger partial charge on any atom is -0.319 e. The van der Waals surface area contributed by atoms with E-state index in [-0.39, 0.29) is 11.9 Å². The molecule has 0 saturated carbocycles. The van der Waals surface area contributed by atoms with Crippen LogP contribution in [0.4, 0.5) is 4.39 Å². The second-order valence-electron chi connectivity index (χ2n) is 5.20. The Morgan fingerprint density at radius 1 is 1.44 bits per heavy atom. The Balaban J connectivity index is 2.33. The molecule has 1 aliphatic rings. The Morgan fingerprint density at radius 2 is 2.22 bits per heavy atom. The quantitative estimate of drug-likeness (QED) is 0.884. The molecule has 0 amide bonds. The van der Waals surface area contributed by atoms with Crippen molar-refractivity contribution in [3.8, 4) is 0 Å². The fraction of sp³-hybridized carbons (Fsp3) is 0.600. The molecule has 0 radical (unpaired) electrons. The predicted molar refractivity (Wildman–Crippen MR) is 73.2 cm³/mol. The molecular formula is C15H23FN2. The second-order valence-corrected chi connectivity index (χ2v) is 5.20. The van der Waals surface area contributed by atoms with Crippen LogP contribution >= 0.6 is 0 Å². The van der Waals surface area contributed by atoms with Gasteiger partial charge in [0.05, 0.1) is 0 Å². The Morgan fingerprint density at radius 3 is 2.89 bits per heavy atom. The number of nitrogens with zero attached hydrogens (tertiary/aromatic N) is 1. The van der Waals surface area contributed by atoms with Gasteiger partial charge in [-0.1, -0.05) is 24.6 Å². The summed E-state index contributed by atoms with van der Waals surface area (Å²) in [4.78, 5) is 2.39. The average molecular weight is 250 g/mol. The van der Waals surface area contributed by atoms with Crippen molar-refractivity contribution >= 4 is 0 Å². The third kappa shape index (κ3) is 2.57. The average Bonchev–Trinajstić information content (AvgIpc) is 2.75. The lowest BCUT2D eigenvalue weighted by Crippen LogP contribution is -2.29. The largest absolute Gasteiger partial charge is 0.319 e. The topological polar surface area (TPSA) is 15.3 Å². The van der Waals surface area contributed by atoms with E-state index < -0.39 is 0 Å². The van der Waals surface area contributed by atoms with Crippen molar-refractivity contribution in [2.24, 2.45) is 5.92 Å². The minimum atomic E-state index is -0.0629. The van der Waals surface area contributed by atoms with Gasteiger partial charge in [-0.05, 0) is 52.0 Å². The summed E-state index contributed by atoms with van der Waals surface area (Å²) < 4.78 is 14.1. The van der Waals surface area contributed by atoms with Crippen LogP contribution in [0.5, 0.6) is 0 Å². The third-order valence-corrected chi connectivity index (χ3v) is 3.97. The van der Waals surface area contributed by atoms with Gasteiger partial charge in [-0.3, -0.25) is 4.90 Å².